The summed E-state index contributed by atoms with van der Waals surface area (Å²) in [7, 11) is 0. The smallest absolute Gasteiger partial charge is 0.407 e. The quantitative estimate of drug-likeness (QED) is 0.640. The molecule has 0 unspecified atom stereocenters. The van der Waals surface area contributed by atoms with Crippen LogP contribution in [0.25, 0.3) is 10.9 Å². The summed E-state index contributed by atoms with van der Waals surface area (Å²) < 4.78 is 10.8. The van der Waals surface area contributed by atoms with Gasteiger partial charge < -0.3 is 19.8 Å². The lowest BCUT2D eigenvalue weighted by Gasteiger charge is -2.09. The van der Waals surface area contributed by atoms with Crippen LogP contribution in [0.3, 0.4) is 0 Å². The second-order valence-electron chi connectivity index (χ2n) is 5.76. The van der Waals surface area contributed by atoms with Gasteiger partial charge >= 0.3 is 6.09 Å². The lowest BCUT2D eigenvalue weighted by atomic mass is 10.2. The third kappa shape index (κ3) is 5.11. The topological polar surface area (TPSA) is 80.4 Å². The molecule has 0 fully saturated rings. The van der Waals surface area contributed by atoms with Gasteiger partial charge in [0, 0.05) is 18.7 Å². The molecule has 0 radical (unpaired) electrons. The van der Waals surface area contributed by atoms with Crippen molar-refractivity contribution in [3.05, 3.63) is 76.6 Å². The monoisotopic (exact) mass is 352 g/mol. The lowest BCUT2D eigenvalue weighted by molar-refractivity contribution is 0.139. The SMILES string of the molecule is O=C(NCCCOc1ccc2ccc(=O)[nH]c2c1)OCc1ccccc1. The molecular weight excluding hydrogens is 332 g/mol. The molecule has 6 nitrogen and oxygen atoms in total. The number of pyridine rings is 1. The zero-order valence-electron chi connectivity index (χ0n) is 14.2. The van der Waals surface area contributed by atoms with E-state index in [4.69, 9.17) is 9.47 Å². The molecule has 2 aromatic carbocycles. The normalized spacial score (nSPS) is 10.5. The van der Waals surface area contributed by atoms with Crippen LogP contribution in [0, 0.1) is 0 Å². The van der Waals surface area contributed by atoms with Crippen molar-refractivity contribution >= 4 is 17.0 Å². The van der Waals surface area contributed by atoms with Gasteiger partial charge in [0.15, 0.2) is 0 Å². The molecule has 6 heteroatoms. The molecule has 26 heavy (non-hydrogen) atoms. The summed E-state index contributed by atoms with van der Waals surface area (Å²) in [4.78, 5) is 25.7. The van der Waals surface area contributed by atoms with Gasteiger partial charge in [-0.15, -0.1) is 0 Å². The number of fused-ring (bicyclic) bond motifs is 1. The summed E-state index contributed by atoms with van der Waals surface area (Å²) in [6.07, 6.45) is 0.196. The molecule has 0 spiro atoms. The van der Waals surface area contributed by atoms with Crippen LogP contribution in [0.15, 0.2) is 65.5 Å². The molecule has 0 aliphatic rings. The Labute approximate surface area is 150 Å². The predicted octanol–water partition coefficient (Wildman–Crippen LogP) is 3.22. The Balaban J connectivity index is 1.36. The van der Waals surface area contributed by atoms with E-state index >= 15 is 0 Å². The van der Waals surface area contributed by atoms with Crippen molar-refractivity contribution in [3.8, 4) is 5.75 Å². The molecular formula is C20H20N2O4. The number of amides is 1. The first kappa shape index (κ1) is 17.5. The fourth-order valence-electron chi connectivity index (χ4n) is 2.45. The molecule has 1 aromatic heterocycles. The summed E-state index contributed by atoms with van der Waals surface area (Å²) in [6.45, 7) is 1.15. The van der Waals surface area contributed by atoms with E-state index in [0.717, 1.165) is 16.5 Å². The molecule has 3 aromatic rings. The van der Waals surface area contributed by atoms with Gasteiger partial charge in [-0.1, -0.05) is 30.3 Å². The number of carbonyl (C=O) groups is 1. The van der Waals surface area contributed by atoms with E-state index < -0.39 is 6.09 Å². The maximum atomic E-state index is 11.6. The molecule has 0 atom stereocenters. The zero-order chi connectivity index (χ0) is 18.2. The fraction of sp³-hybridized carbons (Fsp3) is 0.200. The van der Waals surface area contributed by atoms with Crippen molar-refractivity contribution in [1.29, 1.82) is 0 Å². The predicted molar refractivity (Wildman–Crippen MR) is 99.3 cm³/mol. The first-order chi connectivity index (χ1) is 12.7. The van der Waals surface area contributed by atoms with E-state index in [2.05, 4.69) is 10.3 Å². The third-order valence-corrected chi connectivity index (χ3v) is 3.77. The number of hydrogen-bond acceptors (Lipinski definition) is 4. The molecule has 3 rings (SSSR count). The van der Waals surface area contributed by atoms with Gasteiger partial charge in [-0.3, -0.25) is 4.79 Å². The Morgan fingerprint density at radius 2 is 1.85 bits per heavy atom. The van der Waals surface area contributed by atoms with Gasteiger partial charge in [0.05, 0.1) is 12.1 Å². The number of aromatic amines is 1. The fourth-order valence-corrected chi connectivity index (χ4v) is 2.45. The van der Waals surface area contributed by atoms with Crippen molar-refractivity contribution < 1.29 is 14.3 Å². The maximum absolute atomic E-state index is 11.6. The van der Waals surface area contributed by atoms with Gasteiger partial charge in [0.25, 0.3) is 0 Å². The Morgan fingerprint density at radius 1 is 1.04 bits per heavy atom. The molecule has 1 amide bonds. The molecule has 0 bridgehead atoms. The number of carbonyl (C=O) groups excluding carboxylic acids is 1. The first-order valence-corrected chi connectivity index (χ1v) is 8.41. The van der Waals surface area contributed by atoms with Crippen LogP contribution in [0.2, 0.25) is 0 Å². The lowest BCUT2D eigenvalue weighted by Crippen LogP contribution is -2.26. The minimum Gasteiger partial charge on any atom is -0.493 e. The van der Waals surface area contributed by atoms with Gasteiger partial charge in [-0.2, -0.15) is 0 Å². The second kappa shape index (κ2) is 8.71. The summed E-state index contributed by atoms with van der Waals surface area (Å²) in [5, 5.41) is 3.63. The number of rotatable bonds is 7. The Kier molecular flexibility index (Phi) is 5.88. The largest absolute Gasteiger partial charge is 0.493 e. The number of benzene rings is 2. The van der Waals surface area contributed by atoms with Crippen molar-refractivity contribution in [1.82, 2.24) is 10.3 Å². The second-order valence-corrected chi connectivity index (χ2v) is 5.76. The van der Waals surface area contributed by atoms with Crippen LogP contribution in [0.4, 0.5) is 4.79 Å². The molecule has 0 aliphatic carbocycles. The Morgan fingerprint density at radius 3 is 2.69 bits per heavy atom. The zero-order valence-corrected chi connectivity index (χ0v) is 14.2. The molecule has 0 aliphatic heterocycles. The number of alkyl carbamates (subject to hydrolysis) is 1. The van der Waals surface area contributed by atoms with Crippen LogP contribution < -0.4 is 15.6 Å². The summed E-state index contributed by atoms with van der Waals surface area (Å²) in [6, 6.07) is 18.3. The van der Waals surface area contributed by atoms with Crippen molar-refractivity contribution in [2.24, 2.45) is 0 Å². The summed E-state index contributed by atoms with van der Waals surface area (Å²) >= 11 is 0. The highest BCUT2D eigenvalue weighted by atomic mass is 16.5. The van der Waals surface area contributed by atoms with E-state index in [-0.39, 0.29) is 12.2 Å². The standard InChI is InChI=1S/C20H20N2O4/c23-19-10-8-16-7-9-17(13-18(16)22-19)25-12-4-11-21-20(24)26-14-15-5-2-1-3-6-15/h1-3,5-10,13H,4,11-12,14H2,(H,21,24)(H,22,23). The summed E-state index contributed by atoms with van der Waals surface area (Å²) in [5.41, 5.74) is 1.53. The molecule has 2 N–H and O–H groups in total. The third-order valence-electron chi connectivity index (χ3n) is 3.77. The number of hydrogen-bond donors (Lipinski definition) is 2. The average molecular weight is 352 g/mol. The number of aromatic nitrogens is 1. The summed E-state index contributed by atoms with van der Waals surface area (Å²) in [5.74, 6) is 0.672. The Hall–Kier alpha value is -3.28. The molecule has 134 valence electrons. The maximum Gasteiger partial charge on any atom is 0.407 e. The van der Waals surface area contributed by atoms with E-state index in [1.807, 2.05) is 42.5 Å². The van der Waals surface area contributed by atoms with Crippen LogP contribution in [0.5, 0.6) is 5.75 Å². The molecule has 0 saturated heterocycles. The molecule has 1 heterocycles. The minimum absolute atomic E-state index is 0.145. The van der Waals surface area contributed by atoms with Crippen LogP contribution >= 0.6 is 0 Å². The van der Waals surface area contributed by atoms with Gasteiger partial charge in [-0.25, -0.2) is 4.79 Å². The van der Waals surface area contributed by atoms with E-state index in [9.17, 15) is 9.59 Å². The number of nitrogens with one attached hydrogen (secondary N) is 2. The molecule has 0 saturated carbocycles. The van der Waals surface area contributed by atoms with E-state index in [0.29, 0.717) is 25.3 Å². The Bertz CT molecular complexity index is 922. The number of H-pyrrole nitrogens is 1. The van der Waals surface area contributed by atoms with Gasteiger partial charge in [0.2, 0.25) is 5.56 Å². The number of ether oxygens (including phenoxy) is 2. The van der Waals surface area contributed by atoms with Crippen molar-refractivity contribution in [2.45, 2.75) is 13.0 Å². The first-order valence-electron chi connectivity index (χ1n) is 8.41. The van der Waals surface area contributed by atoms with E-state index in [1.54, 1.807) is 12.1 Å². The van der Waals surface area contributed by atoms with E-state index in [1.165, 1.54) is 6.07 Å². The average Bonchev–Trinajstić information content (AvgIpc) is 2.66. The van der Waals surface area contributed by atoms with Crippen LogP contribution in [-0.2, 0) is 11.3 Å². The van der Waals surface area contributed by atoms with Crippen LogP contribution in [0.1, 0.15) is 12.0 Å². The minimum atomic E-state index is -0.447. The van der Waals surface area contributed by atoms with Gasteiger partial charge in [-0.05, 0) is 35.6 Å². The van der Waals surface area contributed by atoms with Crippen molar-refractivity contribution in [2.75, 3.05) is 13.2 Å². The highest BCUT2D eigenvalue weighted by Crippen LogP contribution is 2.17. The van der Waals surface area contributed by atoms with Crippen LogP contribution in [-0.4, -0.2) is 24.2 Å². The van der Waals surface area contributed by atoms with Gasteiger partial charge in [0.1, 0.15) is 12.4 Å². The highest BCUT2D eigenvalue weighted by molar-refractivity contribution is 5.79. The highest BCUT2D eigenvalue weighted by Gasteiger charge is 2.02. The van der Waals surface area contributed by atoms with Crippen molar-refractivity contribution in [3.63, 3.8) is 0 Å².